The van der Waals surface area contributed by atoms with Crippen LogP contribution in [0.3, 0.4) is 0 Å². The first-order valence-electron chi connectivity index (χ1n) is 6.81. The molecule has 0 spiro atoms. The van der Waals surface area contributed by atoms with Crippen LogP contribution in [0.1, 0.15) is 23.6 Å². The van der Waals surface area contributed by atoms with Crippen molar-refractivity contribution >= 4 is 0 Å². The first-order chi connectivity index (χ1) is 9.29. The van der Waals surface area contributed by atoms with Crippen molar-refractivity contribution in [3.05, 3.63) is 71.0 Å². The minimum atomic E-state index is -0.158. The summed E-state index contributed by atoms with van der Waals surface area (Å²) in [5, 5.41) is 3.42. The van der Waals surface area contributed by atoms with Gasteiger partial charge in [0.15, 0.2) is 0 Å². The summed E-state index contributed by atoms with van der Waals surface area (Å²) >= 11 is 0. The van der Waals surface area contributed by atoms with Gasteiger partial charge in [-0.2, -0.15) is 0 Å². The Morgan fingerprint density at radius 3 is 2.53 bits per heavy atom. The van der Waals surface area contributed by atoms with Crippen LogP contribution in [0.5, 0.6) is 0 Å². The Hall–Kier alpha value is -1.67. The largest absolute Gasteiger partial charge is 0.312 e. The van der Waals surface area contributed by atoms with Gasteiger partial charge in [-0.25, -0.2) is 4.39 Å². The fraction of sp³-hybridized carbons (Fsp3) is 0.294. The van der Waals surface area contributed by atoms with Gasteiger partial charge in [0, 0.05) is 6.54 Å². The van der Waals surface area contributed by atoms with Gasteiger partial charge in [-0.1, -0.05) is 43.3 Å². The summed E-state index contributed by atoms with van der Waals surface area (Å²) in [6, 6.07) is 15.3. The van der Waals surface area contributed by atoms with E-state index in [1.807, 2.05) is 6.07 Å². The van der Waals surface area contributed by atoms with E-state index in [9.17, 15) is 4.39 Å². The third-order valence-corrected chi connectivity index (χ3v) is 3.29. The van der Waals surface area contributed by atoms with Crippen LogP contribution in [0.25, 0.3) is 0 Å². The van der Waals surface area contributed by atoms with Gasteiger partial charge in [0.2, 0.25) is 0 Å². The molecule has 0 radical (unpaired) electrons. The summed E-state index contributed by atoms with van der Waals surface area (Å²) in [7, 11) is 0. The van der Waals surface area contributed by atoms with E-state index in [1.165, 1.54) is 17.2 Å². The molecule has 2 heteroatoms. The molecule has 0 unspecified atom stereocenters. The van der Waals surface area contributed by atoms with E-state index >= 15 is 0 Å². The number of hydrogen-bond donors (Lipinski definition) is 1. The average Bonchev–Trinajstić information content (AvgIpc) is 2.44. The molecule has 0 aliphatic rings. The molecule has 1 N–H and O–H groups in total. The van der Waals surface area contributed by atoms with Crippen LogP contribution < -0.4 is 5.32 Å². The molecular formula is C17H20FN. The molecule has 100 valence electrons. The second-order valence-electron chi connectivity index (χ2n) is 4.68. The normalized spacial score (nSPS) is 10.6. The Morgan fingerprint density at radius 2 is 1.79 bits per heavy atom. The molecule has 2 rings (SSSR count). The third kappa shape index (κ3) is 4.18. The van der Waals surface area contributed by atoms with Crippen molar-refractivity contribution in [2.45, 2.75) is 26.3 Å². The topological polar surface area (TPSA) is 12.0 Å². The highest BCUT2D eigenvalue weighted by Crippen LogP contribution is 2.09. The van der Waals surface area contributed by atoms with Crippen LogP contribution in [-0.4, -0.2) is 6.54 Å². The van der Waals surface area contributed by atoms with Crippen LogP contribution in [-0.2, 0) is 19.4 Å². The molecule has 0 aliphatic carbocycles. The highest BCUT2D eigenvalue weighted by atomic mass is 19.1. The molecule has 0 aliphatic heterocycles. The van der Waals surface area contributed by atoms with Gasteiger partial charge < -0.3 is 5.32 Å². The maximum absolute atomic E-state index is 13.0. The molecule has 1 nitrogen and oxygen atoms in total. The minimum Gasteiger partial charge on any atom is -0.312 e. The lowest BCUT2D eigenvalue weighted by Crippen LogP contribution is -2.17. The van der Waals surface area contributed by atoms with Gasteiger partial charge in [-0.05, 0) is 48.2 Å². The predicted octanol–water partition coefficient (Wildman–Crippen LogP) is 3.72. The minimum absolute atomic E-state index is 0.158. The highest BCUT2D eigenvalue weighted by molar-refractivity contribution is 5.26. The standard InChI is InChI=1S/C17H20FN/c1-2-15-7-3-4-8-16(15)13-19-11-10-14-6-5-9-17(18)12-14/h3-9,12,19H,2,10-11,13H2,1H3. The first kappa shape index (κ1) is 13.8. The van der Waals surface area contributed by atoms with Crippen molar-refractivity contribution in [2.75, 3.05) is 6.54 Å². The number of hydrogen-bond acceptors (Lipinski definition) is 1. The van der Waals surface area contributed by atoms with E-state index in [0.29, 0.717) is 0 Å². The summed E-state index contributed by atoms with van der Waals surface area (Å²) in [5.41, 5.74) is 3.78. The van der Waals surface area contributed by atoms with Crippen LogP contribution >= 0.6 is 0 Å². The quantitative estimate of drug-likeness (QED) is 0.778. The van der Waals surface area contributed by atoms with Crippen molar-refractivity contribution in [3.8, 4) is 0 Å². The average molecular weight is 257 g/mol. The molecule has 0 saturated heterocycles. The molecule has 0 bridgehead atoms. The van der Waals surface area contributed by atoms with E-state index in [1.54, 1.807) is 12.1 Å². The van der Waals surface area contributed by atoms with E-state index in [-0.39, 0.29) is 5.82 Å². The molecule has 0 amide bonds. The monoisotopic (exact) mass is 257 g/mol. The van der Waals surface area contributed by atoms with Gasteiger partial charge in [0.05, 0.1) is 0 Å². The second-order valence-corrected chi connectivity index (χ2v) is 4.68. The number of benzene rings is 2. The Balaban J connectivity index is 1.81. The van der Waals surface area contributed by atoms with Crippen LogP contribution in [0.15, 0.2) is 48.5 Å². The predicted molar refractivity (Wildman–Crippen MR) is 77.6 cm³/mol. The maximum Gasteiger partial charge on any atom is 0.123 e. The molecule has 0 saturated carbocycles. The van der Waals surface area contributed by atoms with Crippen molar-refractivity contribution in [3.63, 3.8) is 0 Å². The molecule has 0 fully saturated rings. The van der Waals surface area contributed by atoms with Gasteiger partial charge in [-0.15, -0.1) is 0 Å². The Labute approximate surface area is 114 Å². The van der Waals surface area contributed by atoms with Gasteiger partial charge in [0.1, 0.15) is 5.82 Å². The first-order valence-corrected chi connectivity index (χ1v) is 6.81. The molecule has 2 aromatic carbocycles. The van der Waals surface area contributed by atoms with E-state index in [0.717, 1.165) is 31.5 Å². The SMILES string of the molecule is CCc1ccccc1CNCCc1cccc(F)c1. The molecular weight excluding hydrogens is 237 g/mol. The van der Waals surface area contributed by atoms with Crippen LogP contribution in [0.4, 0.5) is 4.39 Å². The Bertz CT molecular complexity index is 522. The second kappa shape index (κ2) is 7.05. The van der Waals surface area contributed by atoms with Crippen molar-refractivity contribution < 1.29 is 4.39 Å². The number of halogens is 1. The molecule has 0 atom stereocenters. The van der Waals surface area contributed by atoms with Gasteiger partial charge in [-0.3, -0.25) is 0 Å². The number of rotatable bonds is 6. The van der Waals surface area contributed by atoms with Crippen molar-refractivity contribution in [2.24, 2.45) is 0 Å². The lowest BCUT2D eigenvalue weighted by Gasteiger charge is -2.09. The zero-order valence-corrected chi connectivity index (χ0v) is 11.3. The van der Waals surface area contributed by atoms with Crippen LogP contribution in [0, 0.1) is 5.82 Å². The maximum atomic E-state index is 13.0. The summed E-state index contributed by atoms with van der Waals surface area (Å²) in [6.45, 7) is 3.91. The molecule has 0 heterocycles. The Morgan fingerprint density at radius 1 is 1.00 bits per heavy atom. The van der Waals surface area contributed by atoms with Crippen molar-refractivity contribution in [1.29, 1.82) is 0 Å². The van der Waals surface area contributed by atoms with Crippen molar-refractivity contribution in [1.82, 2.24) is 5.32 Å². The van der Waals surface area contributed by atoms with Gasteiger partial charge >= 0.3 is 0 Å². The van der Waals surface area contributed by atoms with Gasteiger partial charge in [0.25, 0.3) is 0 Å². The highest BCUT2D eigenvalue weighted by Gasteiger charge is 1.99. The molecule has 2 aromatic rings. The summed E-state index contributed by atoms with van der Waals surface area (Å²) in [5.74, 6) is -0.158. The van der Waals surface area contributed by atoms with E-state index in [4.69, 9.17) is 0 Å². The lowest BCUT2D eigenvalue weighted by molar-refractivity contribution is 0.622. The van der Waals surface area contributed by atoms with E-state index in [2.05, 4.69) is 36.5 Å². The zero-order valence-electron chi connectivity index (χ0n) is 11.3. The summed E-state index contributed by atoms with van der Waals surface area (Å²) in [4.78, 5) is 0. The number of aryl methyl sites for hydroxylation is 1. The Kier molecular flexibility index (Phi) is 5.10. The lowest BCUT2D eigenvalue weighted by atomic mass is 10.1. The summed E-state index contributed by atoms with van der Waals surface area (Å²) < 4.78 is 13.0. The van der Waals surface area contributed by atoms with Crippen LogP contribution in [0.2, 0.25) is 0 Å². The fourth-order valence-corrected chi connectivity index (χ4v) is 2.22. The molecule has 19 heavy (non-hydrogen) atoms. The zero-order chi connectivity index (χ0) is 13.5. The fourth-order valence-electron chi connectivity index (χ4n) is 2.22. The number of nitrogens with one attached hydrogen (secondary N) is 1. The smallest absolute Gasteiger partial charge is 0.123 e. The third-order valence-electron chi connectivity index (χ3n) is 3.29. The summed E-state index contributed by atoms with van der Waals surface area (Å²) in [6.07, 6.45) is 1.91. The van der Waals surface area contributed by atoms with E-state index < -0.39 is 0 Å². The molecule has 0 aromatic heterocycles.